The summed E-state index contributed by atoms with van der Waals surface area (Å²) in [6, 6.07) is 2.29. The summed E-state index contributed by atoms with van der Waals surface area (Å²) in [6.07, 6.45) is 2.78. The Balaban J connectivity index is 0.00000225. The Bertz CT molecular complexity index is 334. The van der Waals surface area contributed by atoms with Crippen molar-refractivity contribution in [2.45, 2.75) is 32.9 Å². The molecule has 5 nitrogen and oxygen atoms in total. The molecule has 92 valence electrons. The second-order valence-electron chi connectivity index (χ2n) is 3.60. The maximum Gasteiger partial charge on any atom is 0.189 e. The molecule has 0 fully saturated rings. The number of guanidine groups is 1. The fourth-order valence-corrected chi connectivity index (χ4v) is 1.12. The van der Waals surface area contributed by atoms with E-state index in [1.165, 1.54) is 0 Å². The highest BCUT2D eigenvalue weighted by Crippen LogP contribution is 1.97. The number of hydrogen-bond donors (Lipinski definition) is 2. The molecule has 0 saturated carbocycles. The smallest absolute Gasteiger partial charge is 0.189 e. The Morgan fingerprint density at radius 3 is 2.88 bits per heavy atom. The van der Waals surface area contributed by atoms with E-state index >= 15 is 0 Å². The van der Waals surface area contributed by atoms with E-state index in [9.17, 15) is 0 Å². The van der Waals surface area contributed by atoms with Crippen LogP contribution in [0.2, 0.25) is 0 Å². The zero-order valence-electron chi connectivity index (χ0n) is 9.97. The van der Waals surface area contributed by atoms with E-state index < -0.39 is 0 Å². The number of aromatic nitrogens is 2. The average Bonchev–Trinajstić information content (AvgIpc) is 2.61. The van der Waals surface area contributed by atoms with Crippen molar-refractivity contribution in [3.8, 4) is 0 Å². The molecular weight excluding hydrogens is 317 g/mol. The second kappa shape index (κ2) is 7.48. The van der Waals surface area contributed by atoms with Crippen molar-refractivity contribution in [3.63, 3.8) is 0 Å². The lowest BCUT2D eigenvalue weighted by atomic mass is 10.3. The third-order valence-corrected chi connectivity index (χ3v) is 2.34. The van der Waals surface area contributed by atoms with E-state index in [0.29, 0.717) is 18.5 Å². The summed E-state index contributed by atoms with van der Waals surface area (Å²) in [5, 5.41) is 7.17. The fourth-order valence-electron chi connectivity index (χ4n) is 1.12. The number of aliphatic imine (C=N–C) groups is 1. The molecule has 0 aliphatic heterocycles. The van der Waals surface area contributed by atoms with Crippen molar-refractivity contribution in [2.75, 3.05) is 0 Å². The van der Waals surface area contributed by atoms with E-state index in [1.54, 1.807) is 10.9 Å². The summed E-state index contributed by atoms with van der Waals surface area (Å²) in [7, 11) is 1.89. The van der Waals surface area contributed by atoms with Crippen LogP contribution in [0.1, 0.15) is 26.0 Å². The first-order chi connectivity index (χ1) is 7.13. The summed E-state index contributed by atoms with van der Waals surface area (Å²) in [5.74, 6) is 0.491. The highest BCUT2D eigenvalue weighted by Gasteiger charge is 2.00. The standard InChI is InChI=1S/C10H19N5.HI/c1-4-8(2)14-10(11)12-7-9-5-6-13-15(9)3;/h5-6,8H,4,7H2,1-3H3,(H3,11,12,14);1H. The summed E-state index contributed by atoms with van der Waals surface area (Å²) < 4.78 is 1.79. The SMILES string of the molecule is CCC(C)NC(N)=NCc1ccnn1C.I. The Hall–Kier alpha value is -0.790. The van der Waals surface area contributed by atoms with Crippen LogP contribution in [0.25, 0.3) is 0 Å². The van der Waals surface area contributed by atoms with Gasteiger partial charge in [0.15, 0.2) is 5.96 Å². The first kappa shape index (κ1) is 15.2. The van der Waals surface area contributed by atoms with Crippen LogP contribution < -0.4 is 11.1 Å². The highest BCUT2D eigenvalue weighted by atomic mass is 127. The number of rotatable bonds is 4. The van der Waals surface area contributed by atoms with Gasteiger partial charge >= 0.3 is 0 Å². The number of nitrogens with zero attached hydrogens (tertiary/aromatic N) is 3. The monoisotopic (exact) mass is 337 g/mol. The van der Waals surface area contributed by atoms with Crippen molar-refractivity contribution in [1.29, 1.82) is 0 Å². The fraction of sp³-hybridized carbons (Fsp3) is 0.600. The van der Waals surface area contributed by atoms with E-state index in [1.807, 2.05) is 13.1 Å². The Kier molecular flexibility index (Phi) is 7.11. The molecule has 1 atom stereocenters. The second-order valence-corrected chi connectivity index (χ2v) is 3.60. The Labute approximate surface area is 114 Å². The molecule has 0 radical (unpaired) electrons. The lowest BCUT2D eigenvalue weighted by Gasteiger charge is -2.11. The van der Waals surface area contributed by atoms with Crippen LogP contribution in [0.15, 0.2) is 17.3 Å². The number of nitrogens with one attached hydrogen (secondary N) is 1. The van der Waals surface area contributed by atoms with Gasteiger partial charge < -0.3 is 11.1 Å². The van der Waals surface area contributed by atoms with Crippen molar-refractivity contribution >= 4 is 29.9 Å². The van der Waals surface area contributed by atoms with Gasteiger partial charge in [-0.05, 0) is 19.4 Å². The third-order valence-electron chi connectivity index (χ3n) is 2.34. The molecular formula is C10H20IN5. The van der Waals surface area contributed by atoms with E-state index in [-0.39, 0.29) is 24.0 Å². The normalized spacial score (nSPS) is 13.1. The summed E-state index contributed by atoms with van der Waals surface area (Å²) in [5.41, 5.74) is 6.77. The van der Waals surface area contributed by atoms with Gasteiger partial charge in [-0.2, -0.15) is 5.10 Å². The zero-order valence-corrected chi connectivity index (χ0v) is 12.3. The first-order valence-corrected chi connectivity index (χ1v) is 5.16. The summed E-state index contributed by atoms with van der Waals surface area (Å²) in [4.78, 5) is 4.24. The zero-order chi connectivity index (χ0) is 11.3. The van der Waals surface area contributed by atoms with Gasteiger partial charge in [0.1, 0.15) is 0 Å². The molecule has 6 heteroatoms. The maximum absolute atomic E-state index is 5.73. The Morgan fingerprint density at radius 2 is 2.38 bits per heavy atom. The predicted molar refractivity (Wildman–Crippen MR) is 76.8 cm³/mol. The van der Waals surface area contributed by atoms with E-state index in [0.717, 1.165) is 12.1 Å². The van der Waals surface area contributed by atoms with E-state index in [2.05, 4.69) is 29.3 Å². The van der Waals surface area contributed by atoms with Crippen LogP contribution >= 0.6 is 24.0 Å². The van der Waals surface area contributed by atoms with Crippen molar-refractivity contribution in [3.05, 3.63) is 18.0 Å². The molecule has 16 heavy (non-hydrogen) atoms. The highest BCUT2D eigenvalue weighted by molar-refractivity contribution is 14.0. The number of nitrogens with two attached hydrogens (primary N) is 1. The van der Waals surface area contributed by atoms with Gasteiger partial charge in [-0.3, -0.25) is 4.68 Å². The summed E-state index contributed by atoms with van der Waals surface area (Å²) >= 11 is 0. The molecule has 0 aliphatic carbocycles. The number of halogens is 1. The minimum absolute atomic E-state index is 0. The molecule has 1 aromatic heterocycles. The lowest BCUT2D eigenvalue weighted by molar-refractivity contribution is 0.634. The number of hydrogen-bond acceptors (Lipinski definition) is 2. The van der Waals surface area contributed by atoms with Gasteiger partial charge in [-0.25, -0.2) is 4.99 Å². The van der Waals surface area contributed by atoms with Crippen molar-refractivity contribution in [2.24, 2.45) is 17.8 Å². The molecule has 0 spiro atoms. The lowest BCUT2D eigenvalue weighted by Crippen LogP contribution is -2.38. The third kappa shape index (κ3) is 4.82. The van der Waals surface area contributed by atoms with Gasteiger partial charge in [0.05, 0.1) is 12.2 Å². The predicted octanol–water partition coefficient (Wildman–Crippen LogP) is 1.24. The molecule has 0 bridgehead atoms. The summed E-state index contributed by atoms with van der Waals surface area (Å²) in [6.45, 7) is 4.74. The Morgan fingerprint density at radius 1 is 1.69 bits per heavy atom. The topological polar surface area (TPSA) is 68.2 Å². The van der Waals surface area contributed by atoms with Crippen LogP contribution in [-0.4, -0.2) is 21.8 Å². The van der Waals surface area contributed by atoms with Crippen molar-refractivity contribution in [1.82, 2.24) is 15.1 Å². The van der Waals surface area contributed by atoms with Crippen molar-refractivity contribution < 1.29 is 0 Å². The van der Waals surface area contributed by atoms with Crippen LogP contribution in [-0.2, 0) is 13.6 Å². The molecule has 1 heterocycles. The molecule has 3 N–H and O–H groups in total. The van der Waals surface area contributed by atoms with E-state index in [4.69, 9.17) is 5.73 Å². The molecule has 0 aliphatic rings. The minimum atomic E-state index is 0. The van der Waals surface area contributed by atoms with Crippen LogP contribution in [0.5, 0.6) is 0 Å². The first-order valence-electron chi connectivity index (χ1n) is 5.16. The molecule has 0 saturated heterocycles. The molecule has 1 unspecified atom stereocenters. The average molecular weight is 337 g/mol. The van der Waals surface area contributed by atoms with Gasteiger partial charge in [0, 0.05) is 19.3 Å². The van der Waals surface area contributed by atoms with Gasteiger partial charge in [-0.1, -0.05) is 6.92 Å². The molecule has 1 aromatic rings. The van der Waals surface area contributed by atoms with Gasteiger partial charge in [-0.15, -0.1) is 24.0 Å². The van der Waals surface area contributed by atoms with Crippen LogP contribution in [0, 0.1) is 0 Å². The molecule has 0 aromatic carbocycles. The van der Waals surface area contributed by atoms with Gasteiger partial charge in [0.2, 0.25) is 0 Å². The van der Waals surface area contributed by atoms with Gasteiger partial charge in [0.25, 0.3) is 0 Å². The number of aryl methyl sites for hydroxylation is 1. The largest absolute Gasteiger partial charge is 0.370 e. The maximum atomic E-state index is 5.73. The van der Waals surface area contributed by atoms with Crippen LogP contribution in [0.3, 0.4) is 0 Å². The quantitative estimate of drug-likeness (QED) is 0.494. The molecule has 0 amide bonds. The van der Waals surface area contributed by atoms with Crippen LogP contribution in [0.4, 0.5) is 0 Å². The minimum Gasteiger partial charge on any atom is -0.370 e. The molecule has 1 rings (SSSR count).